The van der Waals surface area contributed by atoms with Gasteiger partial charge in [-0.15, -0.1) is 0 Å². The van der Waals surface area contributed by atoms with Gasteiger partial charge < -0.3 is 10.2 Å². The first-order valence-electron chi connectivity index (χ1n) is 10.4. The van der Waals surface area contributed by atoms with Crippen molar-refractivity contribution in [3.8, 4) is 22.5 Å². The van der Waals surface area contributed by atoms with E-state index in [0.29, 0.717) is 23.3 Å². The maximum atomic E-state index is 12.3. The highest BCUT2D eigenvalue weighted by molar-refractivity contribution is 5.98. The standard InChI is InChI=1S/C25H25N5O2/c1-16(31)19-5-4-6-20(15-19)23-21-11-12-22(27-24(21)29-28-23)17-7-9-18(10-8-17)25(32)26-13-14-30(2)3/h4-12,15H,13-14H2,1-3H3,(H,26,32)(H,27,28,29). The summed E-state index contributed by atoms with van der Waals surface area (Å²) in [7, 11) is 3.94. The van der Waals surface area contributed by atoms with Gasteiger partial charge in [-0.3, -0.25) is 14.7 Å². The number of aromatic nitrogens is 3. The molecule has 0 unspecified atom stereocenters. The van der Waals surface area contributed by atoms with Crippen LogP contribution in [0.3, 0.4) is 0 Å². The molecule has 0 aliphatic rings. The van der Waals surface area contributed by atoms with Crippen molar-refractivity contribution in [2.24, 2.45) is 0 Å². The normalized spacial score (nSPS) is 11.1. The number of H-pyrrole nitrogens is 1. The molecule has 0 saturated carbocycles. The van der Waals surface area contributed by atoms with Crippen molar-refractivity contribution in [3.05, 3.63) is 71.8 Å². The SMILES string of the molecule is CC(=O)c1cccc(-c2[nH]nc3nc(-c4ccc(C(=O)NCCN(C)C)cc4)ccc23)c1. The van der Waals surface area contributed by atoms with E-state index in [1.807, 2.05) is 61.5 Å². The van der Waals surface area contributed by atoms with Crippen molar-refractivity contribution < 1.29 is 9.59 Å². The maximum absolute atomic E-state index is 12.3. The number of carbonyl (C=O) groups is 2. The van der Waals surface area contributed by atoms with Gasteiger partial charge in [-0.1, -0.05) is 30.3 Å². The second-order valence-electron chi connectivity index (χ2n) is 7.94. The summed E-state index contributed by atoms with van der Waals surface area (Å²) in [5, 5.41) is 11.2. The number of nitrogens with zero attached hydrogens (tertiary/aromatic N) is 3. The van der Waals surface area contributed by atoms with E-state index in [1.54, 1.807) is 25.1 Å². The lowest BCUT2D eigenvalue weighted by Crippen LogP contribution is -2.31. The Morgan fingerprint density at radius 2 is 1.75 bits per heavy atom. The van der Waals surface area contributed by atoms with Crippen LogP contribution in [-0.2, 0) is 0 Å². The molecule has 0 aliphatic heterocycles. The Bertz CT molecular complexity index is 1280. The Morgan fingerprint density at radius 3 is 2.47 bits per heavy atom. The summed E-state index contributed by atoms with van der Waals surface area (Å²) >= 11 is 0. The predicted octanol–water partition coefficient (Wildman–Crippen LogP) is 3.79. The fraction of sp³-hybridized carbons (Fsp3) is 0.200. The summed E-state index contributed by atoms with van der Waals surface area (Å²) < 4.78 is 0. The number of likely N-dealkylation sites (N-methyl/N-ethyl adjacent to an activating group) is 1. The van der Waals surface area contributed by atoms with E-state index in [2.05, 4.69) is 20.5 Å². The van der Waals surface area contributed by atoms with E-state index in [9.17, 15) is 9.59 Å². The molecule has 2 N–H and O–H groups in total. The minimum Gasteiger partial charge on any atom is -0.351 e. The number of aromatic amines is 1. The lowest BCUT2D eigenvalue weighted by atomic mass is 10.0. The summed E-state index contributed by atoms with van der Waals surface area (Å²) in [6.07, 6.45) is 0. The van der Waals surface area contributed by atoms with Crippen molar-refractivity contribution >= 4 is 22.7 Å². The first kappa shape index (κ1) is 21.4. The molecule has 0 aliphatic carbocycles. The van der Waals surface area contributed by atoms with Crippen LogP contribution < -0.4 is 5.32 Å². The third kappa shape index (κ3) is 4.58. The van der Waals surface area contributed by atoms with E-state index >= 15 is 0 Å². The monoisotopic (exact) mass is 427 g/mol. The van der Waals surface area contributed by atoms with Crippen LogP contribution in [0.4, 0.5) is 0 Å². The van der Waals surface area contributed by atoms with E-state index < -0.39 is 0 Å². The molecule has 0 spiro atoms. The average Bonchev–Trinajstić information content (AvgIpc) is 3.22. The molecule has 7 nitrogen and oxygen atoms in total. The minimum atomic E-state index is -0.0912. The Hall–Kier alpha value is -3.84. The lowest BCUT2D eigenvalue weighted by Gasteiger charge is -2.10. The van der Waals surface area contributed by atoms with Crippen molar-refractivity contribution in [1.29, 1.82) is 0 Å². The molecular weight excluding hydrogens is 402 g/mol. The number of pyridine rings is 1. The largest absolute Gasteiger partial charge is 0.351 e. The fourth-order valence-electron chi connectivity index (χ4n) is 3.46. The first-order chi connectivity index (χ1) is 15.4. The second-order valence-corrected chi connectivity index (χ2v) is 7.94. The summed E-state index contributed by atoms with van der Waals surface area (Å²) in [4.78, 5) is 30.7. The van der Waals surface area contributed by atoms with Gasteiger partial charge in [0, 0.05) is 40.7 Å². The third-order valence-corrected chi connectivity index (χ3v) is 5.26. The van der Waals surface area contributed by atoms with E-state index in [4.69, 9.17) is 0 Å². The van der Waals surface area contributed by atoms with Crippen LogP contribution in [-0.4, -0.2) is 59.0 Å². The average molecular weight is 428 g/mol. The molecule has 162 valence electrons. The molecule has 4 rings (SSSR count). The lowest BCUT2D eigenvalue weighted by molar-refractivity contribution is 0.0950. The number of nitrogens with one attached hydrogen (secondary N) is 2. The van der Waals surface area contributed by atoms with Gasteiger partial charge in [-0.25, -0.2) is 4.98 Å². The van der Waals surface area contributed by atoms with Crippen LogP contribution in [0.25, 0.3) is 33.5 Å². The highest BCUT2D eigenvalue weighted by Crippen LogP contribution is 2.28. The highest BCUT2D eigenvalue weighted by Gasteiger charge is 2.12. The molecular formula is C25H25N5O2. The first-order valence-corrected chi connectivity index (χ1v) is 10.4. The number of fused-ring (bicyclic) bond motifs is 1. The molecule has 32 heavy (non-hydrogen) atoms. The van der Waals surface area contributed by atoms with Crippen LogP contribution in [0.5, 0.6) is 0 Å². The van der Waals surface area contributed by atoms with E-state index in [-0.39, 0.29) is 11.7 Å². The van der Waals surface area contributed by atoms with Crippen LogP contribution >= 0.6 is 0 Å². The second kappa shape index (κ2) is 9.11. The predicted molar refractivity (Wildman–Crippen MR) is 126 cm³/mol. The molecule has 2 heterocycles. The molecule has 0 radical (unpaired) electrons. The zero-order valence-electron chi connectivity index (χ0n) is 18.3. The number of hydrogen-bond acceptors (Lipinski definition) is 5. The smallest absolute Gasteiger partial charge is 0.251 e. The van der Waals surface area contributed by atoms with Gasteiger partial charge in [0.15, 0.2) is 11.4 Å². The van der Waals surface area contributed by atoms with Crippen LogP contribution in [0.15, 0.2) is 60.7 Å². The molecule has 2 aromatic heterocycles. The van der Waals surface area contributed by atoms with E-state index in [0.717, 1.165) is 34.4 Å². The van der Waals surface area contributed by atoms with Gasteiger partial charge in [0.05, 0.1) is 11.4 Å². The molecule has 0 fully saturated rings. The molecule has 0 bridgehead atoms. The number of amides is 1. The van der Waals surface area contributed by atoms with Gasteiger partial charge in [0.25, 0.3) is 5.91 Å². The van der Waals surface area contributed by atoms with Crippen molar-refractivity contribution in [2.45, 2.75) is 6.92 Å². The third-order valence-electron chi connectivity index (χ3n) is 5.26. The minimum absolute atomic E-state index is 0.0194. The van der Waals surface area contributed by atoms with Gasteiger partial charge in [-0.2, -0.15) is 5.10 Å². The topological polar surface area (TPSA) is 91.0 Å². The molecule has 1 amide bonds. The highest BCUT2D eigenvalue weighted by atomic mass is 16.1. The Labute approximate surface area is 186 Å². The van der Waals surface area contributed by atoms with Gasteiger partial charge in [0.1, 0.15) is 0 Å². The summed E-state index contributed by atoms with van der Waals surface area (Å²) in [6, 6.07) is 18.7. The van der Waals surface area contributed by atoms with Gasteiger partial charge in [0.2, 0.25) is 0 Å². The zero-order chi connectivity index (χ0) is 22.7. The number of ketones is 1. The van der Waals surface area contributed by atoms with Crippen molar-refractivity contribution in [2.75, 3.05) is 27.2 Å². The van der Waals surface area contributed by atoms with Crippen molar-refractivity contribution in [3.63, 3.8) is 0 Å². The molecule has 0 atom stereocenters. The Morgan fingerprint density at radius 1 is 0.969 bits per heavy atom. The molecule has 0 saturated heterocycles. The number of Topliss-reactive ketones (excluding diaryl/α,β-unsaturated/α-hetero) is 1. The quantitative estimate of drug-likeness (QED) is 0.438. The Kier molecular flexibility index (Phi) is 6.09. The number of carbonyl (C=O) groups excluding carboxylic acids is 2. The molecule has 2 aromatic carbocycles. The molecule has 4 aromatic rings. The number of benzene rings is 2. The zero-order valence-corrected chi connectivity index (χ0v) is 18.3. The molecule has 7 heteroatoms. The summed E-state index contributed by atoms with van der Waals surface area (Å²) in [5.74, 6) is -0.0718. The van der Waals surface area contributed by atoms with Crippen LogP contribution in [0.1, 0.15) is 27.6 Å². The number of rotatable bonds is 7. The van der Waals surface area contributed by atoms with Crippen LogP contribution in [0.2, 0.25) is 0 Å². The van der Waals surface area contributed by atoms with Gasteiger partial charge in [-0.05, 0) is 51.4 Å². The number of hydrogen-bond donors (Lipinski definition) is 2. The fourth-order valence-corrected chi connectivity index (χ4v) is 3.46. The summed E-state index contributed by atoms with van der Waals surface area (Å²) in [5.41, 5.74) is 5.25. The Balaban J connectivity index is 1.55. The van der Waals surface area contributed by atoms with E-state index in [1.165, 1.54) is 0 Å². The van der Waals surface area contributed by atoms with Crippen LogP contribution in [0, 0.1) is 0 Å². The summed E-state index contributed by atoms with van der Waals surface area (Å²) in [6.45, 7) is 2.94. The maximum Gasteiger partial charge on any atom is 0.251 e. The van der Waals surface area contributed by atoms with Gasteiger partial charge >= 0.3 is 0 Å². The van der Waals surface area contributed by atoms with Crippen molar-refractivity contribution in [1.82, 2.24) is 25.4 Å².